The van der Waals surface area contributed by atoms with Gasteiger partial charge < -0.3 is 4.42 Å². The van der Waals surface area contributed by atoms with Crippen molar-refractivity contribution in [1.82, 2.24) is 15.0 Å². The number of allylic oxidation sites excluding steroid dienone is 1. The first kappa shape index (κ1) is 38.7. The zero-order valence-electron chi connectivity index (χ0n) is 36.5. The molecule has 9 aromatic carbocycles. The van der Waals surface area contributed by atoms with E-state index >= 15 is 0 Å². The molecule has 0 saturated carbocycles. The zero-order valence-corrected chi connectivity index (χ0v) is 36.5. The molecule has 3 aromatic heterocycles. The van der Waals surface area contributed by atoms with E-state index in [1.807, 2.05) is 18.2 Å². The molecule has 3 heterocycles. The van der Waals surface area contributed by atoms with Crippen molar-refractivity contribution in [3.8, 4) is 78.5 Å². The third-order valence-electron chi connectivity index (χ3n) is 13.4. The molecule has 0 fully saturated rings. The lowest BCUT2D eigenvalue weighted by molar-refractivity contribution is 0.669. The quantitative estimate of drug-likeness (QED) is 0.160. The van der Waals surface area contributed by atoms with Gasteiger partial charge in [0.1, 0.15) is 11.2 Å². The molecule has 0 radical (unpaired) electrons. The van der Waals surface area contributed by atoms with Crippen LogP contribution < -0.4 is 0 Å². The van der Waals surface area contributed by atoms with Gasteiger partial charge in [0.25, 0.3) is 0 Å². The van der Waals surface area contributed by atoms with Crippen LogP contribution in [0.3, 0.4) is 0 Å². The Kier molecular flexibility index (Phi) is 9.28. The van der Waals surface area contributed by atoms with Gasteiger partial charge in [-0.05, 0) is 92.7 Å². The van der Waals surface area contributed by atoms with E-state index in [1.165, 1.54) is 33.2 Å². The minimum absolute atomic E-state index is 0.689. The molecule has 0 saturated heterocycles. The van der Waals surface area contributed by atoms with Gasteiger partial charge in [-0.3, -0.25) is 0 Å². The average molecular weight is 856 g/mol. The highest BCUT2D eigenvalue weighted by Gasteiger charge is 2.24. The fourth-order valence-electron chi connectivity index (χ4n) is 10.2. The van der Waals surface area contributed by atoms with Crippen LogP contribution in [0.15, 0.2) is 223 Å². The second-order valence-corrected chi connectivity index (χ2v) is 17.3. The van der Waals surface area contributed by atoms with Gasteiger partial charge >= 0.3 is 0 Å². The minimum Gasteiger partial charge on any atom is -0.456 e. The Morgan fingerprint density at radius 1 is 0.373 bits per heavy atom. The van der Waals surface area contributed by atoms with Crippen LogP contribution in [-0.4, -0.2) is 15.0 Å². The number of para-hydroxylation sites is 1. The molecule has 67 heavy (non-hydrogen) atoms. The molecule has 0 atom stereocenters. The number of aromatic nitrogens is 3. The summed E-state index contributed by atoms with van der Waals surface area (Å²) >= 11 is 0. The van der Waals surface area contributed by atoms with Gasteiger partial charge in [0.15, 0.2) is 5.82 Å². The fourth-order valence-corrected chi connectivity index (χ4v) is 10.2. The van der Waals surface area contributed by atoms with E-state index in [0.29, 0.717) is 5.82 Å². The monoisotopic (exact) mass is 855 g/mol. The second kappa shape index (κ2) is 16.1. The first-order valence-corrected chi connectivity index (χ1v) is 23.0. The van der Waals surface area contributed by atoms with Crippen molar-refractivity contribution in [3.63, 3.8) is 0 Å². The van der Waals surface area contributed by atoms with Gasteiger partial charge in [-0.2, -0.15) is 0 Å². The van der Waals surface area contributed by atoms with Crippen LogP contribution in [0, 0.1) is 0 Å². The lowest BCUT2D eigenvalue weighted by atomic mass is 9.86. The largest absolute Gasteiger partial charge is 0.456 e. The first-order valence-electron chi connectivity index (χ1n) is 23.0. The Morgan fingerprint density at radius 3 is 1.63 bits per heavy atom. The number of hydrogen-bond donors (Lipinski definition) is 0. The Morgan fingerprint density at radius 2 is 0.910 bits per heavy atom. The number of hydrogen-bond acceptors (Lipinski definition) is 4. The van der Waals surface area contributed by atoms with Gasteiger partial charge in [-0.1, -0.05) is 194 Å². The van der Waals surface area contributed by atoms with Crippen molar-refractivity contribution in [2.24, 2.45) is 0 Å². The summed E-state index contributed by atoms with van der Waals surface area (Å²) in [6.45, 7) is 0. The molecular formula is C63H41N3O. The van der Waals surface area contributed by atoms with Crippen LogP contribution in [-0.2, 0) is 6.42 Å². The van der Waals surface area contributed by atoms with Gasteiger partial charge in [-0.25, -0.2) is 15.0 Å². The van der Waals surface area contributed by atoms with Crippen LogP contribution in [0.2, 0.25) is 0 Å². The number of nitrogens with zero attached hydrogens (tertiary/aromatic N) is 3. The fraction of sp³-hybridized carbons (Fsp3) is 0.0317. The maximum Gasteiger partial charge on any atom is 0.161 e. The highest BCUT2D eigenvalue weighted by molar-refractivity contribution is 6.23. The molecule has 4 nitrogen and oxygen atoms in total. The SMILES string of the molecule is C1=Cc2nc(-c3ccc(-c4ccc(-c5nc(-c6ccccc6)cc(-c6ccc(-c7ccccc7)cc6)n5)c5ccccc45)cc3)c3cc4oc5ccccc5c4c(-c4ccccc4)c3c2CC1. The molecule has 0 bridgehead atoms. The molecule has 0 aliphatic heterocycles. The predicted octanol–water partition coefficient (Wildman–Crippen LogP) is 16.7. The maximum absolute atomic E-state index is 6.64. The van der Waals surface area contributed by atoms with Gasteiger partial charge in [0, 0.05) is 44.0 Å². The van der Waals surface area contributed by atoms with Crippen molar-refractivity contribution in [1.29, 1.82) is 0 Å². The van der Waals surface area contributed by atoms with Crippen molar-refractivity contribution in [2.45, 2.75) is 12.8 Å². The summed E-state index contributed by atoms with van der Waals surface area (Å²) in [6.07, 6.45) is 6.38. The number of benzene rings is 9. The number of rotatable bonds is 7. The summed E-state index contributed by atoms with van der Waals surface area (Å²) < 4.78 is 6.64. The zero-order chi connectivity index (χ0) is 44.3. The van der Waals surface area contributed by atoms with E-state index in [2.05, 4.69) is 206 Å². The topological polar surface area (TPSA) is 51.8 Å². The second-order valence-electron chi connectivity index (χ2n) is 17.3. The third-order valence-corrected chi connectivity index (χ3v) is 13.4. The van der Waals surface area contributed by atoms with Crippen LogP contribution >= 0.6 is 0 Å². The normalized spacial score (nSPS) is 12.3. The predicted molar refractivity (Wildman–Crippen MR) is 278 cm³/mol. The van der Waals surface area contributed by atoms with Crippen molar-refractivity contribution >= 4 is 49.6 Å². The Bertz CT molecular complexity index is 3870. The summed E-state index contributed by atoms with van der Waals surface area (Å²) in [5, 5.41) is 6.87. The molecule has 4 heteroatoms. The van der Waals surface area contributed by atoms with Crippen molar-refractivity contribution < 1.29 is 4.42 Å². The highest BCUT2D eigenvalue weighted by Crippen LogP contribution is 2.47. The number of aryl methyl sites for hydroxylation is 1. The van der Waals surface area contributed by atoms with Crippen LogP contribution in [0.5, 0.6) is 0 Å². The number of fused-ring (bicyclic) bond motifs is 7. The molecule has 0 unspecified atom stereocenters. The van der Waals surface area contributed by atoms with Crippen LogP contribution in [0.25, 0.3) is 128 Å². The lowest BCUT2D eigenvalue weighted by Gasteiger charge is -2.20. The van der Waals surface area contributed by atoms with Crippen LogP contribution in [0.4, 0.5) is 0 Å². The van der Waals surface area contributed by atoms with Crippen molar-refractivity contribution in [2.75, 3.05) is 0 Å². The first-order chi connectivity index (χ1) is 33.2. The summed E-state index contributed by atoms with van der Waals surface area (Å²) in [5.41, 5.74) is 17.9. The molecule has 0 amide bonds. The Labute approximate surface area is 388 Å². The van der Waals surface area contributed by atoms with E-state index in [4.69, 9.17) is 19.4 Å². The number of furan rings is 1. The maximum atomic E-state index is 6.64. The molecule has 0 N–H and O–H groups in total. The van der Waals surface area contributed by atoms with Crippen molar-refractivity contribution in [3.05, 3.63) is 230 Å². The van der Waals surface area contributed by atoms with Crippen LogP contribution in [0.1, 0.15) is 17.7 Å². The summed E-state index contributed by atoms with van der Waals surface area (Å²) in [4.78, 5) is 16.0. The molecular weight excluding hydrogens is 815 g/mol. The summed E-state index contributed by atoms with van der Waals surface area (Å²) in [5.74, 6) is 0.689. The summed E-state index contributed by atoms with van der Waals surface area (Å²) in [6, 6.07) is 75.0. The number of pyridine rings is 1. The van der Waals surface area contributed by atoms with Gasteiger partial charge in [0.05, 0.1) is 22.8 Å². The molecule has 1 aliphatic rings. The highest BCUT2D eigenvalue weighted by atomic mass is 16.3. The van der Waals surface area contributed by atoms with E-state index in [9.17, 15) is 0 Å². The minimum atomic E-state index is 0.689. The molecule has 12 aromatic rings. The lowest BCUT2D eigenvalue weighted by Crippen LogP contribution is -2.03. The van der Waals surface area contributed by atoms with E-state index in [1.54, 1.807) is 0 Å². The van der Waals surface area contributed by atoms with E-state index in [0.717, 1.165) is 107 Å². The molecule has 13 rings (SSSR count). The Balaban J connectivity index is 0.935. The van der Waals surface area contributed by atoms with Gasteiger partial charge in [-0.15, -0.1) is 0 Å². The molecule has 0 spiro atoms. The smallest absolute Gasteiger partial charge is 0.161 e. The average Bonchev–Trinajstić information content (AvgIpc) is 3.78. The Hall–Kier alpha value is -8.73. The van der Waals surface area contributed by atoms with Gasteiger partial charge in [0.2, 0.25) is 0 Å². The molecule has 314 valence electrons. The standard InChI is InChI=1S/C63H41N3O/c1-4-16-40(17-5-1)41-28-32-44(33-29-41)56-39-55(43-18-6-2-7-19-43)65-63(66-56)50-37-36-47(48-22-10-11-23-49(48)50)42-30-34-46(35-31-42)62-53-38-58-61(52-25-13-15-27-57(52)67-58)59(45-20-8-3-9-21-45)60(53)51-24-12-14-26-54(51)64-62/h1-11,13-23,25-39H,12,24H2. The molecule has 1 aliphatic carbocycles. The van der Waals surface area contributed by atoms with E-state index in [-0.39, 0.29) is 0 Å². The third kappa shape index (κ3) is 6.73. The summed E-state index contributed by atoms with van der Waals surface area (Å²) in [7, 11) is 0. The van der Waals surface area contributed by atoms with E-state index < -0.39 is 0 Å².